The molecule has 0 saturated heterocycles. The van der Waals surface area contributed by atoms with Crippen LogP contribution in [0, 0.1) is 16.1 Å². The van der Waals surface area contributed by atoms with E-state index in [0.717, 1.165) is 12.1 Å². The Morgan fingerprint density at radius 2 is 2.14 bits per heavy atom. The van der Waals surface area contributed by atoms with E-state index >= 15 is 0 Å². The predicted molar refractivity (Wildman–Crippen MR) is 71.8 cm³/mol. The highest BCUT2D eigenvalue weighted by Crippen LogP contribution is 2.27. The molecule has 21 heavy (non-hydrogen) atoms. The van der Waals surface area contributed by atoms with Gasteiger partial charge in [0.25, 0.3) is 5.91 Å². The van der Waals surface area contributed by atoms with E-state index in [9.17, 15) is 19.3 Å². The van der Waals surface area contributed by atoms with Crippen LogP contribution in [0.25, 0.3) is 0 Å². The minimum Gasteiger partial charge on any atom is -0.490 e. The van der Waals surface area contributed by atoms with Crippen LogP contribution in [0.2, 0.25) is 0 Å². The summed E-state index contributed by atoms with van der Waals surface area (Å²) < 4.78 is 17.8. The van der Waals surface area contributed by atoms with Crippen LogP contribution < -0.4 is 10.1 Å². The van der Waals surface area contributed by atoms with Crippen molar-refractivity contribution in [1.29, 1.82) is 0 Å². The summed E-state index contributed by atoms with van der Waals surface area (Å²) in [6, 6.07) is 7.62. The van der Waals surface area contributed by atoms with Gasteiger partial charge in [0.15, 0.2) is 5.75 Å². The maximum atomic E-state index is 12.9. The number of pyridine rings is 1. The second kappa shape index (κ2) is 5.95. The Bertz CT molecular complexity index is 706. The molecule has 1 heterocycles. The van der Waals surface area contributed by atoms with Gasteiger partial charge in [-0.25, -0.2) is 4.98 Å². The molecule has 1 aromatic carbocycles. The number of nitro groups is 1. The summed E-state index contributed by atoms with van der Waals surface area (Å²) in [6.45, 7) is 0. The van der Waals surface area contributed by atoms with Crippen LogP contribution in [0.15, 0.2) is 36.4 Å². The smallest absolute Gasteiger partial charge is 0.310 e. The average molecular weight is 291 g/mol. The van der Waals surface area contributed by atoms with Crippen molar-refractivity contribution in [3.63, 3.8) is 0 Å². The normalized spacial score (nSPS) is 10.0. The van der Waals surface area contributed by atoms with Crippen molar-refractivity contribution in [2.45, 2.75) is 0 Å². The van der Waals surface area contributed by atoms with Crippen molar-refractivity contribution in [3.8, 4) is 5.75 Å². The van der Waals surface area contributed by atoms with Gasteiger partial charge in [-0.1, -0.05) is 6.07 Å². The van der Waals surface area contributed by atoms with Gasteiger partial charge in [0.05, 0.1) is 12.0 Å². The van der Waals surface area contributed by atoms with Gasteiger partial charge in [0.1, 0.15) is 5.82 Å². The number of hydrogen-bond donors (Lipinski definition) is 1. The average Bonchev–Trinajstić information content (AvgIpc) is 2.46. The molecule has 0 atom stereocenters. The Hall–Kier alpha value is -3.03. The van der Waals surface area contributed by atoms with Gasteiger partial charge in [-0.05, 0) is 18.2 Å². The minimum absolute atomic E-state index is 0.0392. The van der Waals surface area contributed by atoms with Crippen LogP contribution in [-0.4, -0.2) is 22.9 Å². The molecule has 0 radical (unpaired) electrons. The fourth-order valence-electron chi connectivity index (χ4n) is 1.64. The molecule has 0 unspecified atom stereocenters. The summed E-state index contributed by atoms with van der Waals surface area (Å²) in [5.41, 5.74) is -0.124. The second-order valence-electron chi connectivity index (χ2n) is 3.94. The van der Waals surface area contributed by atoms with Gasteiger partial charge in [-0.3, -0.25) is 14.9 Å². The van der Waals surface area contributed by atoms with Crippen molar-refractivity contribution >= 4 is 17.4 Å². The molecule has 2 rings (SSSR count). The Labute approximate surface area is 118 Å². The maximum absolute atomic E-state index is 12.9. The molecule has 1 amide bonds. The molecule has 0 aliphatic heterocycles. The Kier molecular flexibility index (Phi) is 4.07. The van der Waals surface area contributed by atoms with Crippen LogP contribution in [0.5, 0.6) is 5.75 Å². The largest absolute Gasteiger partial charge is 0.490 e. The van der Waals surface area contributed by atoms with Gasteiger partial charge < -0.3 is 10.1 Å². The number of ether oxygens (including phenoxy) is 1. The zero-order chi connectivity index (χ0) is 15.4. The van der Waals surface area contributed by atoms with E-state index in [1.54, 1.807) is 0 Å². The molecule has 8 heteroatoms. The molecule has 0 aliphatic rings. The molecule has 0 fully saturated rings. The third kappa shape index (κ3) is 3.30. The number of methoxy groups -OCH3 is 1. The summed E-state index contributed by atoms with van der Waals surface area (Å²) in [6.07, 6.45) is 0. The molecule has 1 N–H and O–H groups in total. The Morgan fingerprint density at radius 3 is 2.76 bits per heavy atom. The van der Waals surface area contributed by atoms with Crippen molar-refractivity contribution in [2.75, 3.05) is 12.4 Å². The van der Waals surface area contributed by atoms with E-state index in [0.29, 0.717) is 0 Å². The summed E-state index contributed by atoms with van der Waals surface area (Å²) in [4.78, 5) is 25.6. The van der Waals surface area contributed by atoms with Crippen LogP contribution >= 0.6 is 0 Å². The fraction of sp³-hybridized carbons (Fsp3) is 0.0769. The van der Waals surface area contributed by atoms with Crippen molar-refractivity contribution in [3.05, 3.63) is 58.0 Å². The third-order valence-corrected chi connectivity index (χ3v) is 2.60. The molecule has 0 bridgehead atoms. The number of nitrogens with zero attached hydrogens (tertiary/aromatic N) is 2. The minimum atomic E-state index is -0.728. The lowest BCUT2D eigenvalue weighted by atomic mass is 10.1. The van der Waals surface area contributed by atoms with Gasteiger partial charge in [0.2, 0.25) is 5.95 Å². The Balaban J connectivity index is 2.25. The van der Waals surface area contributed by atoms with Gasteiger partial charge in [-0.15, -0.1) is 0 Å². The van der Waals surface area contributed by atoms with Crippen molar-refractivity contribution < 1.29 is 18.8 Å². The number of hydrogen-bond acceptors (Lipinski definition) is 5. The summed E-state index contributed by atoms with van der Waals surface area (Å²) in [5.74, 6) is -1.31. The van der Waals surface area contributed by atoms with E-state index in [4.69, 9.17) is 4.74 Å². The zero-order valence-electron chi connectivity index (χ0n) is 10.9. The van der Waals surface area contributed by atoms with Crippen LogP contribution in [0.4, 0.5) is 15.9 Å². The maximum Gasteiger partial charge on any atom is 0.310 e. The lowest BCUT2D eigenvalue weighted by molar-refractivity contribution is -0.385. The first-order valence-corrected chi connectivity index (χ1v) is 5.77. The number of rotatable bonds is 4. The number of benzene rings is 1. The molecule has 0 aliphatic carbocycles. The lowest BCUT2D eigenvalue weighted by Gasteiger charge is -2.06. The number of anilines is 1. The Morgan fingerprint density at radius 1 is 1.38 bits per heavy atom. The molecule has 0 saturated carbocycles. The molecular weight excluding hydrogens is 281 g/mol. The first-order valence-electron chi connectivity index (χ1n) is 5.77. The first kappa shape index (κ1) is 14.4. The third-order valence-electron chi connectivity index (χ3n) is 2.60. The quantitative estimate of drug-likeness (QED) is 0.530. The number of amides is 1. The summed E-state index contributed by atoms with van der Waals surface area (Å²) in [5, 5.41) is 13.1. The topological polar surface area (TPSA) is 94.4 Å². The van der Waals surface area contributed by atoms with Crippen LogP contribution in [0.3, 0.4) is 0 Å². The standard InChI is InChI=1S/C13H10FN3O4/c1-21-10-7-8(5-6-9(10)17(19)20)13(18)16-12-4-2-3-11(14)15-12/h2-7H,1H3,(H,15,16,18). The zero-order valence-corrected chi connectivity index (χ0v) is 10.9. The first-order chi connectivity index (χ1) is 10.0. The number of aromatic nitrogens is 1. The summed E-state index contributed by atoms with van der Waals surface area (Å²) in [7, 11) is 1.26. The van der Waals surface area contributed by atoms with E-state index in [1.165, 1.54) is 31.4 Å². The van der Waals surface area contributed by atoms with Gasteiger partial charge >= 0.3 is 5.69 Å². The molecule has 108 valence electrons. The number of nitrogens with one attached hydrogen (secondary N) is 1. The lowest BCUT2D eigenvalue weighted by Crippen LogP contribution is -2.13. The molecule has 7 nitrogen and oxygen atoms in total. The number of nitro benzene ring substituents is 1. The number of halogens is 1. The van der Waals surface area contributed by atoms with Gasteiger partial charge in [0, 0.05) is 17.7 Å². The van der Waals surface area contributed by atoms with E-state index in [2.05, 4.69) is 10.3 Å². The monoisotopic (exact) mass is 291 g/mol. The SMILES string of the molecule is COc1cc(C(=O)Nc2cccc(F)n2)ccc1[N+](=O)[O-]. The van der Waals surface area contributed by atoms with E-state index in [1.807, 2.05) is 0 Å². The predicted octanol–water partition coefficient (Wildman–Crippen LogP) is 2.39. The second-order valence-corrected chi connectivity index (χ2v) is 3.94. The molecule has 0 spiro atoms. The highest BCUT2D eigenvalue weighted by atomic mass is 19.1. The fourth-order valence-corrected chi connectivity index (χ4v) is 1.64. The summed E-state index contributed by atoms with van der Waals surface area (Å²) >= 11 is 0. The van der Waals surface area contributed by atoms with Gasteiger partial charge in [-0.2, -0.15) is 4.39 Å². The molecular formula is C13H10FN3O4. The van der Waals surface area contributed by atoms with E-state index < -0.39 is 16.8 Å². The number of carbonyl (C=O) groups excluding carboxylic acids is 1. The van der Waals surface area contributed by atoms with Crippen molar-refractivity contribution in [2.24, 2.45) is 0 Å². The molecule has 1 aromatic heterocycles. The molecule has 2 aromatic rings. The van der Waals surface area contributed by atoms with Crippen molar-refractivity contribution in [1.82, 2.24) is 4.98 Å². The highest BCUT2D eigenvalue weighted by Gasteiger charge is 2.17. The van der Waals surface area contributed by atoms with E-state index in [-0.39, 0.29) is 22.8 Å². The highest BCUT2D eigenvalue weighted by molar-refractivity contribution is 6.04. The van der Waals surface area contributed by atoms with Crippen LogP contribution in [-0.2, 0) is 0 Å². The van der Waals surface area contributed by atoms with Crippen LogP contribution in [0.1, 0.15) is 10.4 Å². The number of carbonyl (C=O) groups is 1.